The molecule has 1 aromatic rings. The highest BCUT2D eigenvalue weighted by Gasteiger charge is 2.03. The molecule has 12 heavy (non-hydrogen) atoms. The number of rotatable bonds is 2. The van der Waals surface area contributed by atoms with Crippen molar-refractivity contribution in [2.45, 2.75) is 6.04 Å². The predicted molar refractivity (Wildman–Crippen MR) is 63.5 cm³/mol. The highest BCUT2D eigenvalue weighted by molar-refractivity contribution is 14.1. The molecular formula is C9H11ClIN. The lowest BCUT2D eigenvalue weighted by molar-refractivity contribution is 0.907. The summed E-state index contributed by atoms with van der Waals surface area (Å²) < 4.78 is 1.19. The zero-order valence-corrected chi connectivity index (χ0v) is 9.51. The zero-order chi connectivity index (χ0) is 8.27. The van der Waals surface area contributed by atoms with Crippen molar-refractivity contribution in [3.8, 4) is 0 Å². The number of hydrogen-bond donors (Lipinski definition) is 1. The van der Waals surface area contributed by atoms with Gasteiger partial charge >= 0.3 is 0 Å². The maximum atomic E-state index is 5.77. The van der Waals surface area contributed by atoms with E-state index < -0.39 is 0 Å². The van der Waals surface area contributed by atoms with Gasteiger partial charge in [0.2, 0.25) is 0 Å². The van der Waals surface area contributed by atoms with E-state index in [1.165, 1.54) is 3.57 Å². The molecule has 0 saturated carbocycles. The number of benzene rings is 1. The van der Waals surface area contributed by atoms with Crippen LogP contribution in [0.1, 0.15) is 11.6 Å². The van der Waals surface area contributed by atoms with E-state index in [0.717, 1.165) is 5.56 Å². The van der Waals surface area contributed by atoms with Gasteiger partial charge in [-0.2, -0.15) is 0 Å². The summed E-state index contributed by atoms with van der Waals surface area (Å²) in [6.07, 6.45) is 1.75. The monoisotopic (exact) mass is 295 g/mol. The van der Waals surface area contributed by atoms with Crippen LogP contribution in [0.2, 0.25) is 0 Å². The standard InChI is InChI=1S/C9H10IN.ClH/c1-2-9(11)7-5-3-4-6-8(7)10;/h2-6,9H,1,11H2;1H/t9-;/m1./s1. The minimum Gasteiger partial charge on any atom is -0.321 e. The summed E-state index contributed by atoms with van der Waals surface area (Å²) in [7, 11) is 0. The quantitative estimate of drug-likeness (QED) is 0.659. The lowest BCUT2D eigenvalue weighted by atomic mass is 10.1. The molecule has 0 saturated heterocycles. The predicted octanol–water partition coefficient (Wildman–Crippen LogP) is 2.90. The van der Waals surface area contributed by atoms with Gasteiger partial charge in [-0.15, -0.1) is 19.0 Å². The number of halogens is 2. The minimum atomic E-state index is -0.0388. The van der Waals surface area contributed by atoms with Crippen molar-refractivity contribution >= 4 is 35.0 Å². The van der Waals surface area contributed by atoms with Crippen LogP contribution in [0.15, 0.2) is 36.9 Å². The van der Waals surface area contributed by atoms with Crippen molar-refractivity contribution < 1.29 is 0 Å². The van der Waals surface area contributed by atoms with Gasteiger partial charge in [0, 0.05) is 9.61 Å². The average Bonchev–Trinajstić information content (AvgIpc) is 2.04. The van der Waals surface area contributed by atoms with Crippen molar-refractivity contribution in [1.29, 1.82) is 0 Å². The van der Waals surface area contributed by atoms with Gasteiger partial charge in [-0.1, -0.05) is 24.3 Å². The van der Waals surface area contributed by atoms with Crippen LogP contribution in [0.3, 0.4) is 0 Å². The Hall–Kier alpha value is -0.0600. The molecule has 0 unspecified atom stereocenters. The van der Waals surface area contributed by atoms with Gasteiger partial charge in [0.15, 0.2) is 0 Å². The Morgan fingerprint density at radius 3 is 2.50 bits per heavy atom. The summed E-state index contributed by atoms with van der Waals surface area (Å²) in [6.45, 7) is 3.65. The molecule has 1 aromatic carbocycles. The summed E-state index contributed by atoms with van der Waals surface area (Å²) in [5.74, 6) is 0. The molecule has 1 nitrogen and oxygen atoms in total. The molecule has 1 rings (SSSR count). The van der Waals surface area contributed by atoms with E-state index in [0.29, 0.717) is 0 Å². The molecule has 0 aromatic heterocycles. The van der Waals surface area contributed by atoms with E-state index in [-0.39, 0.29) is 18.4 Å². The van der Waals surface area contributed by atoms with Crippen molar-refractivity contribution in [2.24, 2.45) is 5.73 Å². The molecule has 1 atom stereocenters. The summed E-state index contributed by atoms with van der Waals surface area (Å²) in [5.41, 5.74) is 6.91. The molecular weight excluding hydrogens is 284 g/mol. The van der Waals surface area contributed by atoms with Gasteiger partial charge in [-0.05, 0) is 34.2 Å². The largest absolute Gasteiger partial charge is 0.321 e. The van der Waals surface area contributed by atoms with Crippen LogP contribution in [0.5, 0.6) is 0 Å². The van der Waals surface area contributed by atoms with Gasteiger partial charge in [-0.3, -0.25) is 0 Å². The second kappa shape index (κ2) is 5.56. The molecule has 0 bridgehead atoms. The van der Waals surface area contributed by atoms with Crippen LogP contribution in [0.4, 0.5) is 0 Å². The first-order valence-electron chi connectivity index (χ1n) is 3.38. The van der Waals surface area contributed by atoms with Crippen LogP contribution in [-0.2, 0) is 0 Å². The maximum Gasteiger partial charge on any atom is 0.0489 e. The van der Waals surface area contributed by atoms with E-state index in [1.54, 1.807) is 6.08 Å². The molecule has 0 radical (unpaired) electrons. The van der Waals surface area contributed by atoms with Crippen molar-refractivity contribution in [1.82, 2.24) is 0 Å². The Balaban J connectivity index is 0.00000121. The van der Waals surface area contributed by atoms with Crippen LogP contribution in [-0.4, -0.2) is 0 Å². The summed E-state index contributed by atoms with van der Waals surface area (Å²) in [4.78, 5) is 0. The van der Waals surface area contributed by atoms with Crippen LogP contribution in [0.25, 0.3) is 0 Å². The minimum absolute atomic E-state index is 0. The Bertz CT molecular complexity index is 262. The third kappa shape index (κ3) is 2.77. The van der Waals surface area contributed by atoms with E-state index >= 15 is 0 Å². The molecule has 2 N–H and O–H groups in total. The normalized spacial score (nSPS) is 11.5. The van der Waals surface area contributed by atoms with Crippen molar-refractivity contribution in [2.75, 3.05) is 0 Å². The van der Waals surface area contributed by atoms with E-state index in [2.05, 4.69) is 29.2 Å². The van der Waals surface area contributed by atoms with Gasteiger partial charge in [0.1, 0.15) is 0 Å². The van der Waals surface area contributed by atoms with E-state index in [4.69, 9.17) is 5.73 Å². The average molecular weight is 296 g/mol. The lowest BCUT2D eigenvalue weighted by Crippen LogP contribution is -2.07. The highest BCUT2D eigenvalue weighted by Crippen LogP contribution is 2.17. The Kier molecular flexibility index (Phi) is 5.53. The molecule has 0 aliphatic heterocycles. The maximum absolute atomic E-state index is 5.77. The third-order valence-corrected chi connectivity index (χ3v) is 2.50. The number of nitrogens with two attached hydrogens (primary N) is 1. The van der Waals surface area contributed by atoms with Gasteiger partial charge in [0.05, 0.1) is 0 Å². The second-order valence-corrected chi connectivity index (χ2v) is 3.45. The SMILES string of the molecule is C=C[C@@H](N)c1ccccc1I.Cl. The molecule has 0 spiro atoms. The molecule has 3 heteroatoms. The van der Waals surface area contributed by atoms with E-state index in [1.807, 2.05) is 24.3 Å². The Morgan fingerprint density at radius 1 is 1.42 bits per heavy atom. The first-order chi connectivity index (χ1) is 5.25. The fourth-order valence-corrected chi connectivity index (χ4v) is 1.62. The topological polar surface area (TPSA) is 26.0 Å². The summed E-state index contributed by atoms with van der Waals surface area (Å²) >= 11 is 2.27. The first-order valence-corrected chi connectivity index (χ1v) is 4.46. The van der Waals surface area contributed by atoms with Crippen molar-refractivity contribution in [3.05, 3.63) is 46.1 Å². The number of hydrogen-bond acceptors (Lipinski definition) is 1. The van der Waals surface area contributed by atoms with Gasteiger partial charge < -0.3 is 5.73 Å². The molecule has 0 fully saturated rings. The van der Waals surface area contributed by atoms with E-state index in [9.17, 15) is 0 Å². The molecule has 0 aliphatic rings. The summed E-state index contributed by atoms with van der Waals surface area (Å²) in [5, 5.41) is 0. The second-order valence-electron chi connectivity index (χ2n) is 2.28. The molecule has 0 amide bonds. The van der Waals surface area contributed by atoms with Crippen LogP contribution < -0.4 is 5.73 Å². The van der Waals surface area contributed by atoms with Gasteiger partial charge in [0.25, 0.3) is 0 Å². The smallest absolute Gasteiger partial charge is 0.0489 e. The fourth-order valence-electron chi connectivity index (χ4n) is 0.872. The van der Waals surface area contributed by atoms with Crippen molar-refractivity contribution in [3.63, 3.8) is 0 Å². The Labute approximate surface area is 92.6 Å². The Morgan fingerprint density at radius 2 is 2.00 bits per heavy atom. The molecule has 66 valence electrons. The molecule has 0 aliphatic carbocycles. The van der Waals surface area contributed by atoms with Crippen LogP contribution >= 0.6 is 35.0 Å². The lowest BCUT2D eigenvalue weighted by Gasteiger charge is -2.07. The zero-order valence-electron chi connectivity index (χ0n) is 6.53. The third-order valence-electron chi connectivity index (χ3n) is 1.52. The first kappa shape index (κ1) is 11.9. The fraction of sp³-hybridized carbons (Fsp3) is 0.111. The molecule has 0 heterocycles. The van der Waals surface area contributed by atoms with Gasteiger partial charge in [-0.25, -0.2) is 0 Å². The van der Waals surface area contributed by atoms with Crippen LogP contribution in [0, 0.1) is 3.57 Å². The highest BCUT2D eigenvalue weighted by atomic mass is 127. The summed E-state index contributed by atoms with van der Waals surface area (Å²) in [6, 6.07) is 8.01.